The van der Waals surface area contributed by atoms with E-state index in [0.29, 0.717) is 5.56 Å². The summed E-state index contributed by atoms with van der Waals surface area (Å²) in [5, 5.41) is 17.5. The summed E-state index contributed by atoms with van der Waals surface area (Å²) in [6, 6.07) is 12.9. The molecular formula is C15H13FN4O. The summed E-state index contributed by atoms with van der Waals surface area (Å²) in [6.45, 7) is 0. The van der Waals surface area contributed by atoms with Gasteiger partial charge in [-0.15, -0.1) is 10.2 Å². The summed E-state index contributed by atoms with van der Waals surface area (Å²) in [7, 11) is 0. The zero-order chi connectivity index (χ0) is 14.7. The van der Waals surface area contributed by atoms with Gasteiger partial charge in [0.2, 0.25) is 0 Å². The normalized spacial score (nSPS) is 12.0. The van der Waals surface area contributed by atoms with Gasteiger partial charge in [0.25, 0.3) is 0 Å². The molecule has 5 nitrogen and oxygen atoms in total. The molecule has 0 aliphatic heterocycles. The van der Waals surface area contributed by atoms with Crippen LogP contribution in [-0.4, -0.2) is 20.0 Å². The summed E-state index contributed by atoms with van der Waals surface area (Å²) in [5.41, 5.74) is 4.45. The highest BCUT2D eigenvalue weighted by atomic mass is 19.1. The van der Waals surface area contributed by atoms with Crippen molar-refractivity contribution in [2.24, 2.45) is 0 Å². The van der Waals surface area contributed by atoms with Gasteiger partial charge >= 0.3 is 0 Å². The predicted molar refractivity (Wildman–Crippen MR) is 75.7 cm³/mol. The van der Waals surface area contributed by atoms with Crippen LogP contribution in [0.25, 0.3) is 0 Å². The van der Waals surface area contributed by atoms with E-state index in [1.807, 2.05) is 30.3 Å². The fourth-order valence-electron chi connectivity index (χ4n) is 2.14. The van der Waals surface area contributed by atoms with E-state index in [9.17, 15) is 9.50 Å². The van der Waals surface area contributed by atoms with E-state index in [0.717, 1.165) is 5.56 Å². The molecule has 0 saturated carbocycles. The molecule has 1 unspecified atom stereocenters. The molecule has 0 bridgehead atoms. The van der Waals surface area contributed by atoms with Crippen LogP contribution in [0.3, 0.4) is 0 Å². The average molecular weight is 284 g/mol. The topological polar surface area (TPSA) is 63.0 Å². The molecule has 0 aliphatic rings. The Kier molecular flexibility index (Phi) is 3.51. The van der Waals surface area contributed by atoms with Crippen LogP contribution in [0.1, 0.15) is 17.2 Å². The van der Waals surface area contributed by atoms with Crippen molar-refractivity contribution in [2.45, 2.75) is 6.04 Å². The number of benzene rings is 2. The number of halogens is 1. The van der Waals surface area contributed by atoms with Crippen molar-refractivity contribution in [3.8, 4) is 5.75 Å². The van der Waals surface area contributed by atoms with Gasteiger partial charge in [-0.05, 0) is 23.8 Å². The van der Waals surface area contributed by atoms with Gasteiger partial charge in [0.15, 0.2) is 0 Å². The van der Waals surface area contributed by atoms with Crippen molar-refractivity contribution >= 4 is 0 Å². The largest absolute Gasteiger partial charge is 0.508 e. The second kappa shape index (κ2) is 5.62. The van der Waals surface area contributed by atoms with Crippen molar-refractivity contribution in [2.75, 3.05) is 5.43 Å². The van der Waals surface area contributed by atoms with Crippen LogP contribution in [0.4, 0.5) is 4.39 Å². The number of phenolic OH excluding ortho intramolecular Hbond substituents is 1. The van der Waals surface area contributed by atoms with Crippen LogP contribution < -0.4 is 5.43 Å². The van der Waals surface area contributed by atoms with Crippen molar-refractivity contribution in [3.63, 3.8) is 0 Å². The molecule has 1 aromatic heterocycles. The second-order valence-corrected chi connectivity index (χ2v) is 4.55. The van der Waals surface area contributed by atoms with Crippen LogP contribution in [0, 0.1) is 5.82 Å². The van der Waals surface area contributed by atoms with Gasteiger partial charge < -0.3 is 10.5 Å². The van der Waals surface area contributed by atoms with E-state index in [1.54, 1.807) is 4.68 Å². The highest BCUT2D eigenvalue weighted by molar-refractivity contribution is 5.42. The molecular weight excluding hydrogens is 271 g/mol. The number of aromatic nitrogens is 3. The molecule has 2 aromatic carbocycles. The first-order valence-electron chi connectivity index (χ1n) is 6.38. The highest BCUT2D eigenvalue weighted by Gasteiger charge is 2.18. The first-order chi connectivity index (χ1) is 10.2. The number of aromatic hydroxyl groups is 1. The van der Waals surface area contributed by atoms with E-state index in [2.05, 4.69) is 15.6 Å². The molecule has 0 aliphatic carbocycles. The molecule has 3 aromatic rings. The van der Waals surface area contributed by atoms with E-state index < -0.39 is 11.9 Å². The lowest BCUT2D eigenvalue weighted by molar-refractivity contribution is 0.462. The molecule has 6 heteroatoms. The standard InChI is InChI=1S/C15H13FN4O/c16-12-6-7-14(21)13(8-12)15(11-4-2-1-3-5-11)19-20-9-17-18-10-20/h1-10,15,19,21H. The molecule has 21 heavy (non-hydrogen) atoms. The predicted octanol–water partition coefficient (Wildman–Crippen LogP) is 2.46. The third-order valence-corrected chi connectivity index (χ3v) is 3.13. The highest BCUT2D eigenvalue weighted by Crippen LogP contribution is 2.30. The maximum Gasteiger partial charge on any atom is 0.138 e. The van der Waals surface area contributed by atoms with Gasteiger partial charge in [0.1, 0.15) is 24.2 Å². The summed E-state index contributed by atoms with van der Waals surface area (Å²) in [5.74, 6) is -0.389. The lowest BCUT2D eigenvalue weighted by Gasteiger charge is -2.21. The molecule has 106 valence electrons. The third-order valence-electron chi connectivity index (χ3n) is 3.13. The minimum atomic E-state index is -0.433. The van der Waals surface area contributed by atoms with Gasteiger partial charge in [-0.3, -0.25) is 0 Å². The average Bonchev–Trinajstić information content (AvgIpc) is 3.01. The zero-order valence-corrected chi connectivity index (χ0v) is 11.0. The van der Waals surface area contributed by atoms with Crippen molar-refractivity contribution in [3.05, 3.63) is 78.1 Å². The Bertz CT molecular complexity index is 716. The SMILES string of the molecule is Oc1ccc(F)cc1C(Nn1cnnc1)c1ccccc1. The number of nitrogens with one attached hydrogen (secondary N) is 1. The van der Waals surface area contributed by atoms with Crippen molar-refractivity contribution in [1.29, 1.82) is 0 Å². The Morgan fingerprint density at radius 2 is 1.76 bits per heavy atom. The van der Waals surface area contributed by atoms with E-state index in [-0.39, 0.29) is 5.75 Å². The molecule has 2 N–H and O–H groups in total. The van der Waals surface area contributed by atoms with Gasteiger partial charge in [0, 0.05) is 5.56 Å². The van der Waals surface area contributed by atoms with Crippen LogP contribution in [0.15, 0.2) is 61.2 Å². The van der Waals surface area contributed by atoms with E-state index >= 15 is 0 Å². The number of phenols is 1. The van der Waals surface area contributed by atoms with E-state index in [1.165, 1.54) is 30.9 Å². The molecule has 0 amide bonds. The summed E-state index contributed by atoms with van der Waals surface area (Å²) in [4.78, 5) is 0. The fourth-order valence-corrected chi connectivity index (χ4v) is 2.14. The molecule has 0 radical (unpaired) electrons. The van der Waals surface area contributed by atoms with Crippen molar-refractivity contribution in [1.82, 2.24) is 14.9 Å². The van der Waals surface area contributed by atoms with Crippen LogP contribution >= 0.6 is 0 Å². The zero-order valence-electron chi connectivity index (χ0n) is 11.0. The molecule has 3 rings (SSSR count). The van der Waals surface area contributed by atoms with Gasteiger partial charge in [-0.25, -0.2) is 9.07 Å². The smallest absolute Gasteiger partial charge is 0.138 e. The number of hydrogen-bond acceptors (Lipinski definition) is 4. The van der Waals surface area contributed by atoms with Crippen molar-refractivity contribution < 1.29 is 9.50 Å². The minimum absolute atomic E-state index is 0.0193. The fraction of sp³-hybridized carbons (Fsp3) is 0.0667. The molecule has 0 saturated heterocycles. The quantitative estimate of drug-likeness (QED) is 0.772. The number of nitrogens with zero attached hydrogens (tertiary/aromatic N) is 3. The Balaban J connectivity index is 2.05. The maximum absolute atomic E-state index is 13.5. The van der Waals surface area contributed by atoms with Crippen LogP contribution in [0.5, 0.6) is 5.75 Å². The summed E-state index contributed by atoms with van der Waals surface area (Å²) >= 11 is 0. The lowest BCUT2D eigenvalue weighted by Crippen LogP contribution is -2.21. The maximum atomic E-state index is 13.5. The van der Waals surface area contributed by atoms with Crippen LogP contribution in [0.2, 0.25) is 0 Å². The Labute approximate surface area is 120 Å². The monoisotopic (exact) mass is 284 g/mol. The molecule has 0 spiro atoms. The molecule has 1 atom stereocenters. The lowest BCUT2D eigenvalue weighted by atomic mass is 9.98. The summed E-state index contributed by atoms with van der Waals surface area (Å²) < 4.78 is 15.1. The van der Waals surface area contributed by atoms with Gasteiger partial charge in [-0.1, -0.05) is 30.3 Å². The summed E-state index contributed by atoms with van der Waals surface area (Å²) in [6.07, 6.45) is 2.98. The number of hydrogen-bond donors (Lipinski definition) is 2. The van der Waals surface area contributed by atoms with E-state index in [4.69, 9.17) is 0 Å². The van der Waals surface area contributed by atoms with Gasteiger partial charge in [-0.2, -0.15) is 0 Å². The first kappa shape index (κ1) is 13.1. The van der Waals surface area contributed by atoms with Gasteiger partial charge in [0.05, 0.1) is 6.04 Å². The number of rotatable bonds is 4. The Morgan fingerprint density at radius 1 is 1.05 bits per heavy atom. The third kappa shape index (κ3) is 2.84. The van der Waals surface area contributed by atoms with Crippen LogP contribution in [-0.2, 0) is 0 Å². The molecule has 0 fully saturated rings. The first-order valence-corrected chi connectivity index (χ1v) is 6.38. The minimum Gasteiger partial charge on any atom is -0.508 e. The second-order valence-electron chi connectivity index (χ2n) is 4.55. The Morgan fingerprint density at radius 3 is 2.48 bits per heavy atom. The Hall–Kier alpha value is -2.89. The molecule has 1 heterocycles.